The summed E-state index contributed by atoms with van der Waals surface area (Å²) in [5, 5.41) is 11.7. The van der Waals surface area contributed by atoms with Crippen molar-refractivity contribution < 1.29 is 9.90 Å². The predicted octanol–water partition coefficient (Wildman–Crippen LogP) is 3.57. The number of aryl methyl sites for hydroxylation is 1. The molecule has 1 fully saturated rings. The number of likely N-dealkylation sites (tertiary alicyclic amines) is 1. The number of carbonyl (C=O) groups is 1. The standard InChI is InChI=1S/C19H23NO2/c21-19(22)17-10-13-20(14-11-17)12-4-8-16-7-3-6-15-5-1-2-9-18(15)16/h1-3,5-7,9,17H,4,8,10-14H2,(H,21,22). The van der Waals surface area contributed by atoms with Gasteiger partial charge in [-0.25, -0.2) is 0 Å². The van der Waals surface area contributed by atoms with Crippen molar-refractivity contribution in [3.05, 3.63) is 48.0 Å². The maximum absolute atomic E-state index is 11.0. The Hall–Kier alpha value is -1.87. The van der Waals surface area contributed by atoms with Crippen LogP contribution in [0.5, 0.6) is 0 Å². The fourth-order valence-corrected chi connectivity index (χ4v) is 3.41. The Morgan fingerprint density at radius 3 is 2.59 bits per heavy atom. The number of hydrogen-bond acceptors (Lipinski definition) is 2. The first kappa shape index (κ1) is 15.0. The minimum absolute atomic E-state index is 0.130. The van der Waals surface area contributed by atoms with Crippen LogP contribution in [0.15, 0.2) is 42.5 Å². The lowest BCUT2D eigenvalue weighted by Gasteiger charge is -2.29. The van der Waals surface area contributed by atoms with Gasteiger partial charge in [-0.15, -0.1) is 0 Å². The number of carboxylic acids is 1. The van der Waals surface area contributed by atoms with E-state index in [0.717, 1.165) is 45.3 Å². The van der Waals surface area contributed by atoms with E-state index >= 15 is 0 Å². The second kappa shape index (κ2) is 6.93. The van der Waals surface area contributed by atoms with E-state index < -0.39 is 5.97 Å². The molecule has 22 heavy (non-hydrogen) atoms. The summed E-state index contributed by atoms with van der Waals surface area (Å²) in [6, 6.07) is 15.1. The quantitative estimate of drug-likeness (QED) is 0.917. The number of piperidine rings is 1. The van der Waals surface area contributed by atoms with Crippen molar-refractivity contribution in [1.29, 1.82) is 0 Å². The lowest BCUT2D eigenvalue weighted by Crippen LogP contribution is -2.36. The highest BCUT2D eigenvalue weighted by Gasteiger charge is 2.23. The maximum Gasteiger partial charge on any atom is 0.306 e. The molecule has 0 radical (unpaired) electrons. The molecular formula is C19H23NO2. The summed E-state index contributed by atoms with van der Waals surface area (Å²) in [4.78, 5) is 13.4. The van der Waals surface area contributed by atoms with E-state index in [1.807, 2.05) is 0 Å². The first-order chi connectivity index (χ1) is 10.7. The average Bonchev–Trinajstić information content (AvgIpc) is 2.55. The smallest absolute Gasteiger partial charge is 0.306 e. The third-order valence-electron chi connectivity index (χ3n) is 4.74. The molecule has 0 bridgehead atoms. The molecule has 0 amide bonds. The summed E-state index contributed by atoms with van der Waals surface area (Å²) in [7, 11) is 0. The van der Waals surface area contributed by atoms with Crippen LogP contribution in [-0.2, 0) is 11.2 Å². The molecule has 2 aromatic carbocycles. The van der Waals surface area contributed by atoms with Gasteiger partial charge in [0.05, 0.1) is 5.92 Å². The molecule has 0 unspecified atom stereocenters. The van der Waals surface area contributed by atoms with Crippen molar-refractivity contribution in [2.75, 3.05) is 19.6 Å². The summed E-state index contributed by atoms with van der Waals surface area (Å²) in [6.45, 7) is 2.91. The molecule has 3 nitrogen and oxygen atoms in total. The molecule has 0 aromatic heterocycles. The summed E-state index contributed by atoms with van der Waals surface area (Å²) >= 11 is 0. The Balaban J connectivity index is 1.52. The Kier molecular flexibility index (Phi) is 4.74. The summed E-state index contributed by atoms with van der Waals surface area (Å²) in [6.07, 6.45) is 3.80. The number of benzene rings is 2. The second-order valence-corrected chi connectivity index (χ2v) is 6.20. The van der Waals surface area contributed by atoms with Crippen molar-refractivity contribution in [3.63, 3.8) is 0 Å². The normalized spacial score (nSPS) is 16.9. The van der Waals surface area contributed by atoms with Gasteiger partial charge in [0.15, 0.2) is 0 Å². The minimum atomic E-state index is -0.629. The zero-order chi connectivity index (χ0) is 15.4. The highest BCUT2D eigenvalue weighted by atomic mass is 16.4. The lowest BCUT2D eigenvalue weighted by molar-refractivity contribution is -0.143. The zero-order valence-electron chi connectivity index (χ0n) is 12.9. The topological polar surface area (TPSA) is 40.5 Å². The predicted molar refractivity (Wildman–Crippen MR) is 89.1 cm³/mol. The van der Waals surface area contributed by atoms with E-state index in [0.29, 0.717) is 0 Å². The van der Waals surface area contributed by atoms with Crippen LogP contribution < -0.4 is 0 Å². The van der Waals surface area contributed by atoms with Gasteiger partial charge >= 0.3 is 5.97 Å². The van der Waals surface area contributed by atoms with Crippen LogP contribution in [0.2, 0.25) is 0 Å². The number of aliphatic carboxylic acids is 1. The van der Waals surface area contributed by atoms with E-state index in [9.17, 15) is 4.79 Å². The molecule has 3 rings (SSSR count). The zero-order valence-corrected chi connectivity index (χ0v) is 12.9. The Bertz CT molecular complexity index is 639. The van der Waals surface area contributed by atoms with Crippen LogP contribution in [0.25, 0.3) is 10.8 Å². The number of hydrogen-bond donors (Lipinski definition) is 1. The van der Waals surface area contributed by atoms with Gasteiger partial charge in [0.1, 0.15) is 0 Å². The van der Waals surface area contributed by atoms with E-state index in [1.54, 1.807) is 0 Å². The van der Waals surface area contributed by atoms with Gasteiger partial charge in [-0.3, -0.25) is 4.79 Å². The van der Waals surface area contributed by atoms with Gasteiger partial charge < -0.3 is 10.0 Å². The van der Waals surface area contributed by atoms with Gasteiger partial charge in [-0.1, -0.05) is 42.5 Å². The molecule has 1 saturated heterocycles. The molecule has 116 valence electrons. The molecule has 1 heterocycles. The SMILES string of the molecule is O=C(O)C1CCN(CCCc2cccc3ccccc23)CC1. The number of carboxylic acid groups (broad SMARTS) is 1. The van der Waals surface area contributed by atoms with Gasteiger partial charge in [-0.2, -0.15) is 0 Å². The molecule has 1 N–H and O–H groups in total. The third kappa shape index (κ3) is 3.47. The van der Waals surface area contributed by atoms with Crippen LogP contribution in [-0.4, -0.2) is 35.6 Å². The van der Waals surface area contributed by atoms with Crippen molar-refractivity contribution in [3.8, 4) is 0 Å². The molecule has 2 aromatic rings. The largest absolute Gasteiger partial charge is 0.481 e. The monoisotopic (exact) mass is 297 g/mol. The molecule has 0 spiro atoms. The first-order valence-electron chi connectivity index (χ1n) is 8.16. The Labute approximate surface area is 131 Å². The average molecular weight is 297 g/mol. The second-order valence-electron chi connectivity index (χ2n) is 6.20. The van der Waals surface area contributed by atoms with Crippen LogP contribution in [0.3, 0.4) is 0 Å². The summed E-state index contributed by atoms with van der Waals surface area (Å²) in [5.74, 6) is -0.760. The Morgan fingerprint density at radius 1 is 1.09 bits per heavy atom. The van der Waals surface area contributed by atoms with Crippen molar-refractivity contribution >= 4 is 16.7 Å². The van der Waals surface area contributed by atoms with E-state index in [1.165, 1.54) is 16.3 Å². The van der Waals surface area contributed by atoms with Crippen molar-refractivity contribution in [2.45, 2.75) is 25.7 Å². The molecule has 1 aliphatic rings. The molecule has 0 saturated carbocycles. The Morgan fingerprint density at radius 2 is 1.82 bits per heavy atom. The van der Waals surface area contributed by atoms with Crippen LogP contribution in [0.1, 0.15) is 24.8 Å². The highest BCUT2D eigenvalue weighted by molar-refractivity contribution is 5.85. The number of fused-ring (bicyclic) bond motifs is 1. The fourth-order valence-electron chi connectivity index (χ4n) is 3.41. The summed E-state index contributed by atoms with van der Waals surface area (Å²) in [5.41, 5.74) is 1.42. The lowest BCUT2D eigenvalue weighted by atomic mass is 9.96. The molecule has 1 aliphatic heterocycles. The van der Waals surface area contributed by atoms with E-state index in [2.05, 4.69) is 47.4 Å². The van der Waals surface area contributed by atoms with Gasteiger partial charge in [0, 0.05) is 0 Å². The molecule has 3 heteroatoms. The van der Waals surface area contributed by atoms with Gasteiger partial charge in [-0.05, 0) is 61.7 Å². The van der Waals surface area contributed by atoms with Crippen LogP contribution in [0, 0.1) is 5.92 Å². The minimum Gasteiger partial charge on any atom is -0.481 e. The van der Waals surface area contributed by atoms with Crippen LogP contribution >= 0.6 is 0 Å². The number of rotatable bonds is 5. The summed E-state index contributed by atoms with van der Waals surface area (Å²) < 4.78 is 0. The van der Waals surface area contributed by atoms with Gasteiger partial charge in [0.2, 0.25) is 0 Å². The fraction of sp³-hybridized carbons (Fsp3) is 0.421. The molecule has 0 aliphatic carbocycles. The van der Waals surface area contributed by atoms with Crippen LogP contribution in [0.4, 0.5) is 0 Å². The van der Waals surface area contributed by atoms with Crippen molar-refractivity contribution in [1.82, 2.24) is 4.90 Å². The van der Waals surface area contributed by atoms with Crippen molar-refractivity contribution in [2.24, 2.45) is 5.92 Å². The molecular weight excluding hydrogens is 274 g/mol. The number of nitrogens with zero attached hydrogens (tertiary/aromatic N) is 1. The molecule has 0 atom stereocenters. The third-order valence-corrected chi connectivity index (χ3v) is 4.74. The highest BCUT2D eigenvalue weighted by Crippen LogP contribution is 2.21. The van der Waals surface area contributed by atoms with E-state index in [-0.39, 0.29) is 5.92 Å². The first-order valence-corrected chi connectivity index (χ1v) is 8.16. The van der Waals surface area contributed by atoms with Gasteiger partial charge in [0.25, 0.3) is 0 Å². The maximum atomic E-state index is 11.0. The van der Waals surface area contributed by atoms with E-state index in [4.69, 9.17) is 5.11 Å².